The number of hydrogen-bond acceptors (Lipinski definition) is 4. The Morgan fingerprint density at radius 3 is 2.63 bits per heavy atom. The molecule has 1 heterocycles. The molecule has 0 aromatic rings. The third kappa shape index (κ3) is 4.16. The van der Waals surface area contributed by atoms with Gasteiger partial charge in [-0.3, -0.25) is 9.69 Å². The van der Waals surface area contributed by atoms with Gasteiger partial charge in [0.1, 0.15) is 0 Å². The Kier molecular flexibility index (Phi) is 5.60. The van der Waals surface area contributed by atoms with Crippen molar-refractivity contribution in [3.05, 3.63) is 0 Å². The van der Waals surface area contributed by atoms with Gasteiger partial charge in [0.05, 0.1) is 5.92 Å². The normalized spacial score (nSPS) is 29.7. The topological polar surface area (TPSA) is 72.8 Å². The third-order valence-corrected chi connectivity index (χ3v) is 4.44. The summed E-state index contributed by atoms with van der Waals surface area (Å²) in [6.07, 6.45) is 6.44. The van der Waals surface area contributed by atoms with Gasteiger partial charge in [0, 0.05) is 31.8 Å². The number of rotatable bonds is 6. The lowest BCUT2D eigenvalue weighted by molar-refractivity contribution is -0.144. The standard InChI is InChI=1S/C14H26N2O3/c17-7-3-6-15-12-8-11(14(18)19)9-16(10-12)13-4-1-2-5-13/h11-13,15,17H,1-10H2,(H,18,19). The Hall–Kier alpha value is -0.650. The van der Waals surface area contributed by atoms with Crippen LogP contribution >= 0.6 is 0 Å². The number of hydrogen-bond donors (Lipinski definition) is 3. The molecular formula is C14H26N2O3. The second-order valence-corrected chi connectivity index (χ2v) is 5.89. The fourth-order valence-electron chi connectivity index (χ4n) is 3.41. The third-order valence-electron chi connectivity index (χ3n) is 4.44. The molecule has 2 aliphatic rings. The quantitative estimate of drug-likeness (QED) is 0.619. The van der Waals surface area contributed by atoms with Crippen LogP contribution in [0, 0.1) is 5.92 Å². The van der Waals surface area contributed by atoms with Crippen molar-refractivity contribution in [2.45, 2.75) is 50.6 Å². The molecule has 0 aromatic heterocycles. The first kappa shape index (κ1) is 14.8. The zero-order valence-corrected chi connectivity index (χ0v) is 11.6. The highest BCUT2D eigenvalue weighted by Crippen LogP contribution is 2.28. The van der Waals surface area contributed by atoms with Crippen molar-refractivity contribution in [2.24, 2.45) is 5.92 Å². The zero-order chi connectivity index (χ0) is 13.7. The van der Waals surface area contributed by atoms with Gasteiger partial charge in [-0.15, -0.1) is 0 Å². The van der Waals surface area contributed by atoms with Gasteiger partial charge in [-0.25, -0.2) is 0 Å². The molecule has 0 bridgehead atoms. The first-order valence-corrected chi connectivity index (χ1v) is 7.52. The largest absolute Gasteiger partial charge is 0.481 e. The maximum atomic E-state index is 11.3. The molecule has 0 radical (unpaired) electrons. The number of likely N-dealkylation sites (tertiary alicyclic amines) is 1. The van der Waals surface area contributed by atoms with Crippen LogP contribution in [0.25, 0.3) is 0 Å². The van der Waals surface area contributed by atoms with Crippen molar-refractivity contribution in [2.75, 3.05) is 26.2 Å². The van der Waals surface area contributed by atoms with E-state index in [2.05, 4.69) is 10.2 Å². The molecule has 19 heavy (non-hydrogen) atoms. The van der Waals surface area contributed by atoms with Crippen LogP contribution in [0.1, 0.15) is 38.5 Å². The van der Waals surface area contributed by atoms with Crippen LogP contribution in [0.2, 0.25) is 0 Å². The van der Waals surface area contributed by atoms with Crippen molar-refractivity contribution in [1.82, 2.24) is 10.2 Å². The Labute approximate surface area is 115 Å². The van der Waals surface area contributed by atoms with Gasteiger partial charge < -0.3 is 15.5 Å². The van der Waals surface area contributed by atoms with Crippen LogP contribution in [-0.2, 0) is 4.79 Å². The van der Waals surface area contributed by atoms with Crippen molar-refractivity contribution in [1.29, 1.82) is 0 Å². The highest BCUT2D eigenvalue weighted by Gasteiger charge is 2.35. The summed E-state index contributed by atoms with van der Waals surface area (Å²) >= 11 is 0. The Morgan fingerprint density at radius 2 is 2.00 bits per heavy atom. The van der Waals surface area contributed by atoms with E-state index in [1.807, 2.05) is 0 Å². The minimum absolute atomic E-state index is 0.189. The van der Waals surface area contributed by atoms with E-state index < -0.39 is 5.97 Å². The van der Waals surface area contributed by atoms with E-state index in [-0.39, 0.29) is 18.6 Å². The van der Waals surface area contributed by atoms with Crippen LogP contribution in [0.15, 0.2) is 0 Å². The number of aliphatic hydroxyl groups excluding tert-OH is 1. The fraction of sp³-hybridized carbons (Fsp3) is 0.929. The van der Waals surface area contributed by atoms with E-state index in [1.54, 1.807) is 0 Å². The van der Waals surface area contributed by atoms with Gasteiger partial charge in [-0.1, -0.05) is 12.8 Å². The van der Waals surface area contributed by atoms with Crippen molar-refractivity contribution in [3.8, 4) is 0 Å². The second-order valence-electron chi connectivity index (χ2n) is 5.89. The molecule has 1 aliphatic heterocycles. The monoisotopic (exact) mass is 270 g/mol. The number of aliphatic carboxylic acids is 1. The summed E-state index contributed by atoms with van der Waals surface area (Å²) in [7, 11) is 0. The number of carboxylic acids is 1. The minimum atomic E-state index is -0.670. The van der Waals surface area contributed by atoms with E-state index in [0.717, 1.165) is 19.5 Å². The maximum absolute atomic E-state index is 11.3. The molecular weight excluding hydrogens is 244 g/mol. The number of carboxylic acid groups (broad SMARTS) is 1. The molecule has 0 amide bonds. The summed E-state index contributed by atoms with van der Waals surface area (Å²) < 4.78 is 0. The second kappa shape index (κ2) is 7.22. The van der Waals surface area contributed by atoms with E-state index in [1.165, 1.54) is 25.7 Å². The summed E-state index contributed by atoms with van der Waals surface area (Å²) in [5, 5.41) is 21.5. The lowest BCUT2D eigenvalue weighted by Gasteiger charge is -2.40. The summed E-state index contributed by atoms with van der Waals surface area (Å²) in [5.41, 5.74) is 0. The van der Waals surface area contributed by atoms with E-state index in [9.17, 15) is 9.90 Å². The molecule has 1 aliphatic carbocycles. The van der Waals surface area contributed by atoms with Crippen LogP contribution in [0.5, 0.6) is 0 Å². The molecule has 5 heteroatoms. The highest BCUT2D eigenvalue weighted by atomic mass is 16.4. The van der Waals surface area contributed by atoms with Gasteiger partial charge in [-0.2, -0.15) is 0 Å². The van der Waals surface area contributed by atoms with Gasteiger partial charge in [-0.05, 0) is 32.2 Å². The summed E-state index contributed by atoms with van der Waals surface area (Å²) in [4.78, 5) is 13.7. The minimum Gasteiger partial charge on any atom is -0.481 e. The van der Waals surface area contributed by atoms with Gasteiger partial charge >= 0.3 is 5.97 Å². The number of nitrogens with zero attached hydrogens (tertiary/aromatic N) is 1. The lowest BCUT2D eigenvalue weighted by Crippen LogP contribution is -2.53. The van der Waals surface area contributed by atoms with Crippen molar-refractivity contribution in [3.63, 3.8) is 0 Å². The average molecular weight is 270 g/mol. The molecule has 5 nitrogen and oxygen atoms in total. The molecule has 0 aromatic carbocycles. The zero-order valence-electron chi connectivity index (χ0n) is 11.6. The predicted molar refractivity (Wildman–Crippen MR) is 73.1 cm³/mol. The lowest BCUT2D eigenvalue weighted by atomic mass is 9.92. The Balaban J connectivity index is 1.90. The SMILES string of the molecule is O=C(O)C1CC(NCCCO)CN(C2CCCC2)C1. The average Bonchev–Trinajstić information content (AvgIpc) is 2.92. The summed E-state index contributed by atoms with van der Waals surface area (Å²) in [5.74, 6) is -0.919. The van der Waals surface area contributed by atoms with E-state index >= 15 is 0 Å². The number of nitrogens with one attached hydrogen (secondary N) is 1. The molecule has 2 rings (SSSR count). The molecule has 3 N–H and O–H groups in total. The number of aliphatic hydroxyl groups is 1. The Morgan fingerprint density at radius 1 is 1.26 bits per heavy atom. The van der Waals surface area contributed by atoms with Crippen molar-refractivity contribution >= 4 is 5.97 Å². The van der Waals surface area contributed by atoms with E-state index in [0.29, 0.717) is 19.0 Å². The first-order chi connectivity index (χ1) is 9.20. The molecule has 1 saturated heterocycles. The molecule has 2 atom stereocenters. The molecule has 2 fully saturated rings. The maximum Gasteiger partial charge on any atom is 0.307 e. The smallest absolute Gasteiger partial charge is 0.307 e. The number of carbonyl (C=O) groups is 1. The van der Waals surface area contributed by atoms with Gasteiger partial charge in [0.15, 0.2) is 0 Å². The van der Waals surface area contributed by atoms with Gasteiger partial charge in [0.2, 0.25) is 0 Å². The van der Waals surface area contributed by atoms with Crippen LogP contribution in [0.4, 0.5) is 0 Å². The first-order valence-electron chi connectivity index (χ1n) is 7.52. The molecule has 2 unspecified atom stereocenters. The van der Waals surface area contributed by atoms with Crippen LogP contribution in [0.3, 0.4) is 0 Å². The van der Waals surface area contributed by atoms with Gasteiger partial charge in [0.25, 0.3) is 0 Å². The van der Waals surface area contributed by atoms with Crippen LogP contribution in [-0.4, -0.2) is 59.4 Å². The van der Waals surface area contributed by atoms with Crippen molar-refractivity contribution < 1.29 is 15.0 Å². The number of piperidine rings is 1. The summed E-state index contributed by atoms with van der Waals surface area (Å²) in [6.45, 7) is 2.62. The van der Waals surface area contributed by atoms with E-state index in [4.69, 9.17) is 5.11 Å². The summed E-state index contributed by atoms with van der Waals surface area (Å²) in [6, 6.07) is 0.839. The predicted octanol–water partition coefficient (Wildman–Crippen LogP) is 0.676. The fourth-order valence-corrected chi connectivity index (χ4v) is 3.41. The molecule has 110 valence electrons. The Bertz CT molecular complexity index is 292. The van der Waals surface area contributed by atoms with Crippen LogP contribution < -0.4 is 5.32 Å². The molecule has 1 saturated carbocycles. The highest BCUT2D eigenvalue weighted by molar-refractivity contribution is 5.70. The molecule has 0 spiro atoms.